The number of carbonyl (C=O) groups excluding carboxylic acids is 3. The van der Waals surface area contributed by atoms with Gasteiger partial charge in [-0.25, -0.2) is 4.79 Å². The smallest absolute Gasteiger partial charge is 0.338 e. The van der Waals surface area contributed by atoms with Crippen LogP contribution in [0.1, 0.15) is 39.0 Å². The monoisotopic (exact) mass is 406 g/mol. The minimum Gasteiger partial charge on any atom is -0.459 e. The third-order valence-corrected chi connectivity index (χ3v) is 4.42. The molecule has 154 valence electrons. The number of ether oxygens (including phenoxy) is 1. The van der Waals surface area contributed by atoms with E-state index in [0.717, 1.165) is 17.5 Å². The Hall–Kier alpha value is -3.87. The molecule has 2 aromatic carbocycles. The summed E-state index contributed by atoms with van der Waals surface area (Å²) >= 11 is 0. The second kappa shape index (κ2) is 9.56. The third kappa shape index (κ3) is 5.35. The lowest BCUT2D eigenvalue weighted by Gasteiger charge is -2.10. The molecule has 30 heavy (non-hydrogen) atoms. The van der Waals surface area contributed by atoms with Gasteiger partial charge in [-0.3, -0.25) is 9.59 Å². The second-order valence-electron chi connectivity index (χ2n) is 6.64. The maximum Gasteiger partial charge on any atom is 0.338 e. The summed E-state index contributed by atoms with van der Waals surface area (Å²) in [5.74, 6) is -1.37. The van der Waals surface area contributed by atoms with Crippen molar-refractivity contribution in [2.75, 3.05) is 17.2 Å². The van der Waals surface area contributed by atoms with E-state index in [9.17, 15) is 14.4 Å². The molecule has 0 saturated heterocycles. The van der Waals surface area contributed by atoms with Crippen molar-refractivity contribution in [1.82, 2.24) is 0 Å². The van der Waals surface area contributed by atoms with E-state index < -0.39 is 24.4 Å². The molecule has 3 rings (SSSR count). The van der Waals surface area contributed by atoms with Gasteiger partial charge in [0.2, 0.25) is 0 Å². The van der Waals surface area contributed by atoms with Gasteiger partial charge in [-0.05, 0) is 60.9 Å². The van der Waals surface area contributed by atoms with Gasteiger partial charge in [0.25, 0.3) is 11.8 Å². The number of nitrogens with one attached hydrogen (secondary N) is 2. The minimum atomic E-state index is -0.666. The van der Waals surface area contributed by atoms with Crippen molar-refractivity contribution < 1.29 is 23.5 Å². The van der Waals surface area contributed by atoms with Crippen molar-refractivity contribution in [1.29, 1.82) is 0 Å². The molecule has 2 amide bonds. The fraction of sp³-hybridized carbons (Fsp3) is 0.174. The van der Waals surface area contributed by atoms with Crippen LogP contribution in [0.25, 0.3) is 0 Å². The lowest BCUT2D eigenvalue weighted by atomic mass is 10.1. The number of hydrogen-bond acceptors (Lipinski definition) is 5. The zero-order chi connectivity index (χ0) is 21.5. The zero-order valence-electron chi connectivity index (χ0n) is 16.7. The molecule has 0 saturated carbocycles. The van der Waals surface area contributed by atoms with E-state index in [1.165, 1.54) is 18.4 Å². The fourth-order valence-corrected chi connectivity index (χ4v) is 2.76. The molecule has 1 heterocycles. The van der Waals surface area contributed by atoms with E-state index in [-0.39, 0.29) is 11.3 Å². The van der Waals surface area contributed by atoms with Gasteiger partial charge in [-0.2, -0.15) is 0 Å². The quantitative estimate of drug-likeness (QED) is 0.573. The molecular formula is C23H22N2O5. The molecule has 0 aliphatic rings. The molecular weight excluding hydrogens is 384 g/mol. The largest absolute Gasteiger partial charge is 0.459 e. The average Bonchev–Trinajstić information content (AvgIpc) is 3.29. The predicted molar refractivity (Wildman–Crippen MR) is 113 cm³/mol. The Morgan fingerprint density at radius 2 is 1.83 bits per heavy atom. The summed E-state index contributed by atoms with van der Waals surface area (Å²) in [7, 11) is 0. The highest BCUT2D eigenvalue weighted by atomic mass is 16.5. The lowest BCUT2D eigenvalue weighted by Crippen LogP contribution is -2.21. The Morgan fingerprint density at radius 3 is 2.57 bits per heavy atom. The minimum absolute atomic E-state index is 0.159. The molecule has 0 unspecified atom stereocenters. The highest BCUT2D eigenvalue weighted by Crippen LogP contribution is 2.19. The van der Waals surface area contributed by atoms with Crippen LogP contribution >= 0.6 is 0 Å². The zero-order valence-corrected chi connectivity index (χ0v) is 16.7. The van der Waals surface area contributed by atoms with Crippen LogP contribution in [0, 0.1) is 6.92 Å². The molecule has 0 aliphatic heterocycles. The number of carbonyl (C=O) groups is 3. The molecule has 0 atom stereocenters. The van der Waals surface area contributed by atoms with E-state index in [0.29, 0.717) is 11.4 Å². The number of hydrogen-bond donors (Lipinski definition) is 2. The number of anilines is 2. The number of rotatable bonds is 7. The first-order valence-corrected chi connectivity index (χ1v) is 9.47. The second-order valence-corrected chi connectivity index (χ2v) is 6.64. The molecule has 0 spiro atoms. The van der Waals surface area contributed by atoms with Gasteiger partial charge in [0.15, 0.2) is 12.4 Å². The van der Waals surface area contributed by atoms with E-state index >= 15 is 0 Å². The SMILES string of the molecule is CCc1cccc(NC(=O)COC(=O)c2ccc(C)c(NC(=O)c3ccco3)c2)c1. The first kappa shape index (κ1) is 20.9. The number of benzene rings is 2. The summed E-state index contributed by atoms with van der Waals surface area (Å²) in [6.45, 7) is 3.40. The molecule has 3 aromatic rings. The maximum atomic E-state index is 12.3. The summed E-state index contributed by atoms with van der Waals surface area (Å²) in [5, 5.41) is 5.40. The summed E-state index contributed by atoms with van der Waals surface area (Å²) in [4.78, 5) is 36.6. The van der Waals surface area contributed by atoms with Gasteiger partial charge in [-0.1, -0.05) is 25.1 Å². The van der Waals surface area contributed by atoms with Gasteiger partial charge in [-0.15, -0.1) is 0 Å². The van der Waals surface area contributed by atoms with Crippen LogP contribution < -0.4 is 10.6 Å². The van der Waals surface area contributed by atoms with Crippen LogP contribution in [0.4, 0.5) is 11.4 Å². The highest BCUT2D eigenvalue weighted by Gasteiger charge is 2.15. The Balaban J connectivity index is 1.59. The van der Waals surface area contributed by atoms with Gasteiger partial charge in [0.05, 0.1) is 11.8 Å². The van der Waals surface area contributed by atoms with E-state index in [4.69, 9.17) is 9.15 Å². The van der Waals surface area contributed by atoms with Crippen LogP contribution in [-0.4, -0.2) is 24.4 Å². The highest BCUT2D eigenvalue weighted by molar-refractivity contribution is 6.03. The number of furan rings is 1. The van der Waals surface area contributed by atoms with Crippen LogP contribution in [0.5, 0.6) is 0 Å². The van der Waals surface area contributed by atoms with Gasteiger partial charge in [0.1, 0.15) is 0 Å². The van der Waals surface area contributed by atoms with E-state index in [1.54, 1.807) is 31.2 Å². The molecule has 0 bridgehead atoms. The van der Waals surface area contributed by atoms with Crippen LogP contribution in [0.2, 0.25) is 0 Å². The molecule has 7 nitrogen and oxygen atoms in total. The summed E-state index contributed by atoms with van der Waals surface area (Å²) < 4.78 is 10.2. The summed E-state index contributed by atoms with van der Waals surface area (Å²) in [6.07, 6.45) is 2.25. The summed E-state index contributed by atoms with van der Waals surface area (Å²) in [5.41, 5.74) is 3.17. The van der Waals surface area contributed by atoms with E-state index in [2.05, 4.69) is 10.6 Å². The van der Waals surface area contributed by atoms with Crippen LogP contribution in [0.15, 0.2) is 65.3 Å². The van der Waals surface area contributed by atoms with Crippen molar-refractivity contribution in [3.63, 3.8) is 0 Å². The molecule has 7 heteroatoms. The average molecular weight is 406 g/mol. The van der Waals surface area contributed by atoms with Crippen LogP contribution in [0.3, 0.4) is 0 Å². The van der Waals surface area contributed by atoms with Crippen molar-refractivity contribution in [3.8, 4) is 0 Å². The first-order chi connectivity index (χ1) is 14.5. The Kier molecular flexibility index (Phi) is 6.64. The third-order valence-electron chi connectivity index (χ3n) is 4.42. The number of esters is 1. The standard InChI is InChI=1S/C23H22N2O5/c1-3-16-6-4-7-18(12-16)24-21(26)14-30-23(28)17-10-9-15(2)19(13-17)25-22(27)20-8-5-11-29-20/h4-13H,3,14H2,1-2H3,(H,24,26)(H,25,27). The van der Waals surface area contributed by atoms with Crippen molar-refractivity contribution in [2.24, 2.45) is 0 Å². The predicted octanol–water partition coefficient (Wildman–Crippen LogP) is 4.20. The van der Waals surface area contributed by atoms with Crippen molar-refractivity contribution >= 4 is 29.2 Å². The molecule has 2 N–H and O–H groups in total. The van der Waals surface area contributed by atoms with Crippen molar-refractivity contribution in [3.05, 3.63) is 83.3 Å². The number of aryl methyl sites for hydroxylation is 2. The Morgan fingerprint density at radius 1 is 1.00 bits per heavy atom. The maximum absolute atomic E-state index is 12.3. The normalized spacial score (nSPS) is 10.3. The van der Waals surface area contributed by atoms with Gasteiger partial charge in [0, 0.05) is 11.4 Å². The lowest BCUT2D eigenvalue weighted by molar-refractivity contribution is -0.119. The molecule has 0 radical (unpaired) electrons. The van der Waals surface area contributed by atoms with Gasteiger partial charge < -0.3 is 19.8 Å². The first-order valence-electron chi connectivity index (χ1n) is 9.47. The molecule has 0 aliphatic carbocycles. The topological polar surface area (TPSA) is 97.6 Å². The fourth-order valence-electron chi connectivity index (χ4n) is 2.76. The number of amides is 2. The van der Waals surface area contributed by atoms with Crippen LogP contribution in [-0.2, 0) is 16.0 Å². The Bertz CT molecular complexity index is 1060. The molecule has 0 fully saturated rings. The van der Waals surface area contributed by atoms with Crippen molar-refractivity contribution in [2.45, 2.75) is 20.3 Å². The summed E-state index contributed by atoms with van der Waals surface area (Å²) in [6, 6.07) is 15.4. The van der Waals surface area contributed by atoms with E-state index in [1.807, 2.05) is 25.1 Å². The molecule has 1 aromatic heterocycles. The Labute approximate surface area is 174 Å². The van der Waals surface area contributed by atoms with Gasteiger partial charge >= 0.3 is 5.97 Å².